The number of aromatic nitrogens is 1. The van der Waals surface area contributed by atoms with E-state index in [-0.39, 0.29) is 6.03 Å². The minimum Gasteiger partial charge on any atom is -0.497 e. The molecule has 0 saturated heterocycles. The maximum absolute atomic E-state index is 12.5. The fourth-order valence-corrected chi connectivity index (χ4v) is 2.67. The van der Waals surface area contributed by atoms with E-state index in [9.17, 15) is 4.79 Å². The predicted molar refractivity (Wildman–Crippen MR) is 90.1 cm³/mol. The summed E-state index contributed by atoms with van der Waals surface area (Å²) < 4.78 is 11.0. The van der Waals surface area contributed by atoms with Crippen molar-refractivity contribution in [3.8, 4) is 11.5 Å². The van der Waals surface area contributed by atoms with Gasteiger partial charge in [-0.2, -0.15) is 0 Å². The average Bonchev–Trinajstić information content (AvgIpc) is 2.81. The molecule has 0 bridgehead atoms. The van der Waals surface area contributed by atoms with Gasteiger partial charge >= 0.3 is 6.03 Å². The average molecular weight is 327 g/mol. The molecule has 0 radical (unpaired) electrons. The molecule has 0 aliphatic carbocycles. The zero-order valence-electron chi connectivity index (χ0n) is 13.9. The number of hydrogen-bond acceptors (Lipinski definition) is 4. The zero-order valence-corrected chi connectivity index (χ0v) is 13.9. The quantitative estimate of drug-likeness (QED) is 0.941. The highest BCUT2D eigenvalue weighted by Gasteiger charge is 2.20. The number of nitrogens with zero attached hydrogens (tertiary/aromatic N) is 2. The number of fused-ring (bicyclic) bond motifs is 1. The van der Waals surface area contributed by atoms with Crippen molar-refractivity contribution in [3.05, 3.63) is 53.3 Å². The Bertz CT molecular complexity index is 733. The monoisotopic (exact) mass is 327 g/mol. The summed E-state index contributed by atoms with van der Waals surface area (Å²) in [4.78, 5) is 18.4. The van der Waals surface area contributed by atoms with Crippen LogP contribution in [0.3, 0.4) is 0 Å². The molecule has 0 fully saturated rings. The molecule has 6 heteroatoms. The Morgan fingerprint density at radius 3 is 3.04 bits per heavy atom. The van der Waals surface area contributed by atoms with Crippen molar-refractivity contribution in [2.24, 2.45) is 0 Å². The molecular weight excluding hydrogens is 306 g/mol. The van der Waals surface area contributed by atoms with E-state index in [1.54, 1.807) is 18.2 Å². The summed E-state index contributed by atoms with van der Waals surface area (Å²) in [6.07, 6.45) is 1.75. The highest BCUT2D eigenvalue weighted by molar-refractivity contribution is 5.74. The van der Waals surface area contributed by atoms with Crippen LogP contribution in [-0.2, 0) is 13.1 Å². The van der Waals surface area contributed by atoms with E-state index in [4.69, 9.17) is 9.47 Å². The van der Waals surface area contributed by atoms with Crippen molar-refractivity contribution < 1.29 is 14.3 Å². The van der Waals surface area contributed by atoms with E-state index in [1.165, 1.54) is 0 Å². The zero-order chi connectivity index (χ0) is 16.9. The Labute approximate surface area is 141 Å². The van der Waals surface area contributed by atoms with Crippen LogP contribution in [0.15, 0.2) is 36.5 Å². The summed E-state index contributed by atoms with van der Waals surface area (Å²) in [6.45, 7) is 3.92. The maximum Gasteiger partial charge on any atom is 0.318 e. The van der Waals surface area contributed by atoms with Gasteiger partial charge in [-0.05, 0) is 42.8 Å². The summed E-state index contributed by atoms with van der Waals surface area (Å²) in [7, 11) is 1.63. The van der Waals surface area contributed by atoms with Gasteiger partial charge < -0.3 is 19.7 Å². The number of ether oxygens (including phenoxy) is 2. The van der Waals surface area contributed by atoms with Crippen LogP contribution in [0.5, 0.6) is 11.5 Å². The highest BCUT2D eigenvalue weighted by Crippen LogP contribution is 2.27. The SMILES string of the molecule is COc1ccc2c(c1)CN(C(=O)NCc1ccnc(C)c1)CCO2. The number of benzene rings is 1. The molecule has 126 valence electrons. The van der Waals surface area contributed by atoms with E-state index in [0.717, 1.165) is 28.3 Å². The smallest absolute Gasteiger partial charge is 0.318 e. The van der Waals surface area contributed by atoms with Gasteiger partial charge in [-0.25, -0.2) is 4.79 Å². The lowest BCUT2D eigenvalue weighted by Crippen LogP contribution is -2.40. The summed E-state index contributed by atoms with van der Waals surface area (Å²) in [5, 5.41) is 2.96. The van der Waals surface area contributed by atoms with Gasteiger partial charge in [0, 0.05) is 24.0 Å². The van der Waals surface area contributed by atoms with Crippen molar-refractivity contribution in [3.63, 3.8) is 0 Å². The van der Waals surface area contributed by atoms with Crippen LogP contribution in [0.2, 0.25) is 0 Å². The first-order chi connectivity index (χ1) is 11.7. The Hall–Kier alpha value is -2.76. The van der Waals surface area contributed by atoms with Gasteiger partial charge in [0.25, 0.3) is 0 Å². The molecule has 1 N–H and O–H groups in total. The third kappa shape index (κ3) is 3.76. The molecule has 1 aromatic heterocycles. The van der Waals surface area contributed by atoms with Crippen LogP contribution in [-0.4, -0.2) is 36.2 Å². The third-order valence-electron chi connectivity index (χ3n) is 3.94. The molecule has 2 heterocycles. The van der Waals surface area contributed by atoms with Gasteiger partial charge in [0.15, 0.2) is 0 Å². The van der Waals surface area contributed by atoms with Crippen LogP contribution in [0.25, 0.3) is 0 Å². The van der Waals surface area contributed by atoms with Crippen molar-refractivity contribution in [1.82, 2.24) is 15.2 Å². The summed E-state index contributed by atoms with van der Waals surface area (Å²) in [6, 6.07) is 9.41. The van der Waals surface area contributed by atoms with Gasteiger partial charge in [-0.1, -0.05) is 0 Å². The van der Waals surface area contributed by atoms with Crippen LogP contribution >= 0.6 is 0 Å². The Balaban J connectivity index is 1.66. The second-order valence-corrected chi connectivity index (χ2v) is 5.71. The maximum atomic E-state index is 12.5. The van der Waals surface area contributed by atoms with E-state index < -0.39 is 0 Å². The second kappa shape index (κ2) is 7.21. The first-order valence-electron chi connectivity index (χ1n) is 7.90. The van der Waals surface area contributed by atoms with Crippen LogP contribution < -0.4 is 14.8 Å². The number of pyridine rings is 1. The van der Waals surface area contributed by atoms with Crippen molar-refractivity contribution >= 4 is 6.03 Å². The van der Waals surface area contributed by atoms with E-state index >= 15 is 0 Å². The number of carbonyl (C=O) groups is 1. The number of rotatable bonds is 3. The number of methoxy groups -OCH3 is 1. The minimum absolute atomic E-state index is 0.108. The molecular formula is C18H21N3O3. The Morgan fingerprint density at radius 2 is 2.25 bits per heavy atom. The summed E-state index contributed by atoms with van der Waals surface area (Å²) >= 11 is 0. The Kier molecular flexibility index (Phi) is 4.84. The standard InChI is InChI=1S/C18H21N3O3/c1-13-9-14(5-6-19-13)11-20-18(22)21-7-8-24-17-4-3-16(23-2)10-15(17)12-21/h3-6,9-10H,7-8,11-12H2,1-2H3,(H,20,22). The lowest BCUT2D eigenvalue weighted by atomic mass is 10.2. The second-order valence-electron chi connectivity index (χ2n) is 5.71. The number of hydrogen-bond donors (Lipinski definition) is 1. The number of carbonyl (C=O) groups excluding carboxylic acids is 1. The van der Waals surface area contributed by atoms with Gasteiger partial charge in [-0.15, -0.1) is 0 Å². The molecule has 6 nitrogen and oxygen atoms in total. The first-order valence-corrected chi connectivity index (χ1v) is 7.90. The normalized spacial score (nSPS) is 13.5. The molecule has 0 saturated carbocycles. The fraction of sp³-hybridized carbons (Fsp3) is 0.333. The summed E-state index contributed by atoms with van der Waals surface area (Å²) in [5.41, 5.74) is 2.91. The fourth-order valence-electron chi connectivity index (χ4n) is 2.67. The molecule has 3 rings (SSSR count). The molecule has 0 spiro atoms. The van der Waals surface area contributed by atoms with E-state index in [2.05, 4.69) is 10.3 Å². The van der Waals surface area contributed by atoms with E-state index in [0.29, 0.717) is 26.2 Å². The topological polar surface area (TPSA) is 63.7 Å². The van der Waals surface area contributed by atoms with Gasteiger partial charge in [0.1, 0.15) is 18.1 Å². The van der Waals surface area contributed by atoms with Crippen molar-refractivity contribution in [2.45, 2.75) is 20.0 Å². The first kappa shape index (κ1) is 16.1. The molecule has 0 unspecified atom stereocenters. The molecule has 0 atom stereocenters. The Morgan fingerprint density at radius 1 is 1.38 bits per heavy atom. The molecule has 2 aromatic rings. The number of aryl methyl sites for hydroxylation is 1. The summed E-state index contributed by atoms with van der Waals surface area (Å²) in [5.74, 6) is 1.56. The molecule has 1 aliphatic heterocycles. The van der Waals surface area contributed by atoms with Crippen LogP contribution in [0.1, 0.15) is 16.8 Å². The molecule has 24 heavy (non-hydrogen) atoms. The molecule has 1 aliphatic rings. The van der Waals surface area contributed by atoms with Crippen LogP contribution in [0.4, 0.5) is 4.79 Å². The van der Waals surface area contributed by atoms with E-state index in [1.807, 2.05) is 37.3 Å². The number of urea groups is 1. The van der Waals surface area contributed by atoms with Gasteiger partial charge in [0.05, 0.1) is 20.2 Å². The van der Waals surface area contributed by atoms with Gasteiger partial charge in [0.2, 0.25) is 0 Å². The van der Waals surface area contributed by atoms with Crippen molar-refractivity contribution in [1.29, 1.82) is 0 Å². The minimum atomic E-state index is -0.108. The third-order valence-corrected chi connectivity index (χ3v) is 3.94. The van der Waals surface area contributed by atoms with Crippen LogP contribution in [0, 0.1) is 6.92 Å². The van der Waals surface area contributed by atoms with Crippen molar-refractivity contribution in [2.75, 3.05) is 20.3 Å². The highest BCUT2D eigenvalue weighted by atomic mass is 16.5. The lowest BCUT2D eigenvalue weighted by molar-refractivity contribution is 0.187. The number of amides is 2. The largest absolute Gasteiger partial charge is 0.497 e. The molecule has 1 aromatic carbocycles. The predicted octanol–water partition coefficient (Wildman–Crippen LogP) is 2.50. The van der Waals surface area contributed by atoms with Gasteiger partial charge in [-0.3, -0.25) is 4.98 Å². The lowest BCUT2D eigenvalue weighted by Gasteiger charge is -2.20. The molecule has 2 amide bonds. The number of nitrogens with one attached hydrogen (secondary N) is 1.